The molecule has 51 heavy (non-hydrogen) atoms. The number of para-hydroxylation sites is 2. The molecule has 0 aliphatic carbocycles. The van der Waals surface area contributed by atoms with E-state index in [2.05, 4.69) is 144 Å². The van der Waals surface area contributed by atoms with Gasteiger partial charge in [-0.1, -0.05) is 158 Å². The molecular formula is C46H33N5. The fourth-order valence-corrected chi connectivity index (χ4v) is 6.43. The number of nitrogens with zero attached hydrogens (tertiary/aromatic N) is 5. The molecule has 0 bridgehead atoms. The van der Waals surface area contributed by atoms with Crippen molar-refractivity contribution < 1.29 is 0 Å². The van der Waals surface area contributed by atoms with Gasteiger partial charge in [0.25, 0.3) is 0 Å². The molecule has 0 aliphatic rings. The standard InChI is InChI=1S/C46H33N5/c1-3-10-35-13-7-16-40(42(35)47-2)33-20-26-38(27-21-33)45-49-44(37-24-18-32(19-25-37)31-11-5-4-6-12-31)50-46(51-45)39-28-22-34(23-29-39)41-17-8-14-36-15-9-30-48-43(36)41/h3-30H,2H2,1H3/b10-3-. The highest BCUT2D eigenvalue weighted by Gasteiger charge is 2.15. The lowest BCUT2D eigenvalue weighted by molar-refractivity contribution is 1.07. The molecule has 6 aromatic carbocycles. The summed E-state index contributed by atoms with van der Waals surface area (Å²) in [6, 6.07) is 51.9. The van der Waals surface area contributed by atoms with Crippen LogP contribution in [0.5, 0.6) is 0 Å². The largest absolute Gasteiger partial charge is 0.263 e. The Kier molecular flexibility index (Phi) is 8.59. The summed E-state index contributed by atoms with van der Waals surface area (Å²) in [6.07, 6.45) is 5.90. The highest BCUT2D eigenvalue weighted by atomic mass is 15.0. The van der Waals surface area contributed by atoms with Crippen LogP contribution in [0.15, 0.2) is 169 Å². The number of fused-ring (bicyclic) bond motifs is 1. The molecule has 0 aliphatic heterocycles. The molecule has 5 heteroatoms. The van der Waals surface area contributed by atoms with Crippen molar-refractivity contribution in [2.45, 2.75) is 6.92 Å². The number of pyridine rings is 1. The number of benzene rings is 6. The Hall–Kier alpha value is -6.85. The summed E-state index contributed by atoms with van der Waals surface area (Å²) in [5.41, 5.74) is 12.1. The second-order valence-corrected chi connectivity index (χ2v) is 12.2. The third kappa shape index (κ3) is 6.36. The Labute approximate surface area is 297 Å². The van der Waals surface area contributed by atoms with Crippen molar-refractivity contribution in [1.29, 1.82) is 0 Å². The van der Waals surface area contributed by atoms with Gasteiger partial charge in [-0.2, -0.15) is 0 Å². The van der Waals surface area contributed by atoms with Crippen molar-refractivity contribution in [2.24, 2.45) is 4.99 Å². The van der Waals surface area contributed by atoms with Gasteiger partial charge in [0.1, 0.15) is 0 Å². The van der Waals surface area contributed by atoms with Crippen LogP contribution in [0.1, 0.15) is 12.5 Å². The molecule has 2 heterocycles. The number of allylic oxidation sites excluding steroid dienone is 1. The van der Waals surface area contributed by atoms with Crippen molar-refractivity contribution in [1.82, 2.24) is 19.9 Å². The maximum Gasteiger partial charge on any atom is 0.164 e. The van der Waals surface area contributed by atoms with Gasteiger partial charge in [-0.3, -0.25) is 9.98 Å². The average Bonchev–Trinajstić information content (AvgIpc) is 3.21. The van der Waals surface area contributed by atoms with Crippen LogP contribution in [0.3, 0.4) is 0 Å². The predicted molar refractivity (Wildman–Crippen MR) is 212 cm³/mol. The quantitative estimate of drug-likeness (QED) is 0.153. The summed E-state index contributed by atoms with van der Waals surface area (Å²) in [6.45, 7) is 5.85. The second-order valence-electron chi connectivity index (χ2n) is 12.2. The van der Waals surface area contributed by atoms with Crippen LogP contribution in [-0.2, 0) is 0 Å². The van der Waals surface area contributed by atoms with E-state index in [1.165, 1.54) is 0 Å². The van der Waals surface area contributed by atoms with Crippen LogP contribution in [0.2, 0.25) is 0 Å². The molecule has 0 atom stereocenters. The third-order valence-corrected chi connectivity index (χ3v) is 9.00. The molecule has 242 valence electrons. The van der Waals surface area contributed by atoms with Crippen molar-refractivity contribution in [3.63, 3.8) is 0 Å². The van der Waals surface area contributed by atoms with Crippen LogP contribution in [-0.4, -0.2) is 26.7 Å². The van der Waals surface area contributed by atoms with Gasteiger partial charge in [-0.05, 0) is 42.0 Å². The van der Waals surface area contributed by atoms with E-state index in [9.17, 15) is 0 Å². The highest BCUT2D eigenvalue weighted by Crippen LogP contribution is 2.36. The Morgan fingerprint density at radius 2 is 0.961 bits per heavy atom. The summed E-state index contributed by atoms with van der Waals surface area (Å²) in [5.74, 6) is 1.81. The SMILES string of the molecule is C=Nc1c(/C=C\C)cccc1-c1ccc(-c2nc(-c3ccc(-c4ccccc4)cc3)nc(-c3ccc(-c4cccc5cccnc45)cc3)n2)cc1. The maximum atomic E-state index is 5.02. The van der Waals surface area contributed by atoms with Crippen LogP contribution in [0.25, 0.3) is 84.5 Å². The molecule has 0 spiro atoms. The molecule has 0 amide bonds. The predicted octanol–water partition coefficient (Wildman–Crippen LogP) is 11.8. The first-order valence-corrected chi connectivity index (χ1v) is 16.9. The molecular weight excluding hydrogens is 623 g/mol. The molecule has 0 radical (unpaired) electrons. The minimum atomic E-state index is 0.598. The van der Waals surface area contributed by atoms with Crippen LogP contribution in [0.4, 0.5) is 5.69 Å². The van der Waals surface area contributed by atoms with Gasteiger partial charge in [-0.25, -0.2) is 15.0 Å². The van der Waals surface area contributed by atoms with Crippen LogP contribution >= 0.6 is 0 Å². The first kappa shape index (κ1) is 31.4. The van der Waals surface area contributed by atoms with Gasteiger partial charge in [0, 0.05) is 45.0 Å². The Morgan fingerprint density at radius 3 is 1.55 bits per heavy atom. The zero-order chi connectivity index (χ0) is 34.6. The van der Waals surface area contributed by atoms with E-state index in [0.29, 0.717) is 17.5 Å². The average molecular weight is 656 g/mol. The van der Waals surface area contributed by atoms with Gasteiger partial charge in [-0.15, -0.1) is 0 Å². The number of aliphatic imine (C=N–C) groups is 1. The molecule has 8 rings (SSSR count). The number of hydrogen-bond acceptors (Lipinski definition) is 5. The maximum absolute atomic E-state index is 5.02. The molecule has 8 aromatic rings. The molecule has 0 N–H and O–H groups in total. The first-order valence-electron chi connectivity index (χ1n) is 16.9. The summed E-state index contributed by atoms with van der Waals surface area (Å²) in [4.78, 5) is 24.1. The zero-order valence-corrected chi connectivity index (χ0v) is 28.1. The highest BCUT2D eigenvalue weighted by molar-refractivity contribution is 5.93. The van der Waals surface area contributed by atoms with E-state index in [1.807, 2.05) is 49.5 Å². The Bertz CT molecular complexity index is 2510. The fourth-order valence-electron chi connectivity index (χ4n) is 6.43. The molecule has 0 unspecified atom stereocenters. The van der Waals surface area contributed by atoms with Gasteiger partial charge in [0.05, 0.1) is 11.2 Å². The van der Waals surface area contributed by atoms with Gasteiger partial charge in [0.15, 0.2) is 17.5 Å². The lowest BCUT2D eigenvalue weighted by Crippen LogP contribution is -2.00. The number of aromatic nitrogens is 4. The van der Waals surface area contributed by atoms with Crippen molar-refractivity contribution in [3.05, 3.63) is 169 Å². The first-order chi connectivity index (χ1) is 25.2. The smallest absolute Gasteiger partial charge is 0.164 e. The van der Waals surface area contributed by atoms with E-state index in [0.717, 1.165) is 72.2 Å². The summed E-state index contributed by atoms with van der Waals surface area (Å²) in [5, 5.41) is 1.11. The summed E-state index contributed by atoms with van der Waals surface area (Å²) in [7, 11) is 0. The molecule has 0 saturated carbocycles. The zero-order valence-electron chi connectivity index (χ0n) is 28.1. The van der Waals surface area contributed by atoms with Gasteiger partial charge in [0.2, 0.25) is 0 Å². The molecule has 0 saturated heterocycles. The molecule has 5 nitrogen and oxygen atoms in total. The Morgan fingerprint density at radius 1 is 0.471 bits per heavy atom. The van der Waals surface area contributed by atoms with E-state index in [1.54, 1.807) is 0 Å². The lowest BCUT2D eigenvalue weighted by atomic mass is 9.98. The normalized spacial score (nSPS) is 11.2. The van der Waals surface area contributed by atoms with Crippen molar-refractivity contribution in [3.8, 4) is 67.5 Å². The molecule has 0 fully saturated rings. The summed E-state index contributed by atoms with van der Waals surface area (Å²) < 4.78 is 0. The van der Waals surface area contributed by atoms with Crippen LogP contribution < -0.4 is 0 Å². The minimum Gasteiger partial charge on any atom is -0.263 e. The van der Waals surface area contributed by atoms with Gasteiger partial charge >= 0.3 is 0 Å². The Balaban J connectivity index is 1.20. The van der Waals surface area contributed by atoms with Gasteiger partial charge < -0.3 is 0 Å². The van der Waals surface area contributed by atoms with Crippen LogP contribution in [0, 0.1) is 0 Å². The fraction of sp³-hybridized carbons (Fsp3) is 0.0217. The van der Waals surface area contributed by atoms with E-state index >= 15 is 0 Å². The van der Waals surface area contributed by atoms with Crippen molar-refractivity contribution >= 4 is 29.4 Å². The minimum absolute atomic E-state index is 0.598. The number of hydrogen-bond donors (Lipinski definition) is 0. The van der Waals surface area contributed by atoms with Crippen molar-refractivity contribution in [2.75, 3.05) is 0 Å². The lowest BCUT2D eigenvalue weighted by Gasteiger charge is -2.12. The monoisotopic (exact) mass is 655 g/mol. The topological polar surface area (TPSA) is 63.9 Å². The molecule has 2 aromatic heterocycles. The van der Waals surface area contributed by atoms with E-state index < -0.39 is 0 Å². The van der Waals surface area contributed by atoms with E-state index in [4.69, 9.17) is 15.0 Å². The number of rotatable bonds is 8. The van der Waals surface area contributed by atoms with E-state index in [-0.39, 0.29) is 0 Å². The summed E-state index contributed by atoms with van der Waals surface area (Å²) >= 11 is 0. The third-order valence-electron chi connectivity index (χ3n) is 9.00. The second kappa shape index (κ2) is 13.9.